The maximum absolute atomic E-state index is 12.1. The van der Waals surface area contributed by atoms with Gasteiger partial charge in [0.15, 0.2) is 11.5 Å². The molecular formula is C18H25NO5. The van der Waals surface area contributed by atoms with Crippen LogP contribution in [0.1, 0.15) is 44.0 Å². The molecule has 0 aromatic heterocycles. The van der Waals surface area contributed by atoms with Gasteiger partial charge in [-0.25, -0.2) is 4.79 Å². The number of nitrogens with zero attached hydrogens (tertiary/aromatic N) is 1. The molecule has 2 rings (SSSR count). The Kier molecular flexibility index (Phi) is 5.70. The lowest BCUT2D eigenvalue weighted by molar-refractivity contribution is 0.0124. The summed E-state index contributed by atoms with van der Waals surface area (Å²) in [6.45, 7) is 6.72. The van der Waals surface area contributed by atoms with Gasteiger partial charge in [-0.15, -0.1) is 0 Å². The van der Waals surface area contributed by atoms with Crippen molar-refractivity contribution >= 4 is 12.4 Å². The van der Waals surface area contributed by atoms with E-state index < -0.39 is 5.60 Å². The highest BCUT2D eigenvalue weighted by molar-refractivity contribution is 5.76. The molecule has 1 heterocycles. The molecule has 0 N–H and O–H groups in total. The molecular weight excluding hydrogens is 310 g/mol. The third-order valence-electron chi connectivity index (χ3n) is 3.71. The first kappa shape index (κ1) is 18.1. The Morgan fingerprint density at radius 1 is 1.21 bits per heavy atom. The molecule has 1 saturated heterocycles. The van der Waals surface area contributed by atoms with Crippen molar-refractivity contribution in [2.45, 2.75) is 45.3 Å². The number of hydrogen-bond acceptors (Lipinski definition) is 5. The molecule has 1 aliphatic rings. The molecule has 1 amide bonds. The number of likely N-dealkylation sites (tertiary alicyclic amines) is 1. The number of ether oxygens (including phenoxy) is 3. The van der Waals surface area contributed by atoms with Crippen molar-refractivity contribution in [2.24, 2.45) is 0 Å². The van der Waals surface area contributed by atoms with Gasteiger partial charge in [-0.2, -0.15) is 0 Å². The first-order valence-electron chi connectivity index (χ1n) is 8.10. The molecule has 1 aromatic rings. The van der Waals surface area contributed by atoms with E-state index in [1.54, 1.807) is 30.2 Å². The zero-order valence-corrected chi connectivity index (χ0v) is 14.7. The van der Waals surface area contributed by atoms with Crippen molar-refractivity contribution in [2.75, 3.05) is 20.2 Å². The van der Waals surface area contributed by atoms with E-state index in [4.69, 9.17) is 14.2 Å². The van der Waals surface area contributed by atoms with Crippen LogP contribution in [0.2, 0.25) is 0 Å². The molecule has 1 fully saturated rings. The van der Waals surface area contributed by atoms with Crippen molar-refractivity contribution in [1.82, 2.24) is 4.90 Å². The van der Waals surface area contributed by atoms with E-state index in [0.29, 0.717) is 43.0 Å². The average molecular weight is 335 g/mol. The minimum absolute atomic E-state index is 0.0283. The van der Waals surface area contributed by atoms with E-state index in [1.165, 1.54) is 0 Å². The van der Waals surface area contributed by atoms with Crippen LogP contribution >= 0.6 is 0 Å². The van der Waals surface area contributed by atoms with Gasteiger partial charge in [-0.05, 0) is 39.0 Å². The van der Waals surface area contributed by atoms with Gasteiger partial charge >= 0.3 is 6.09 Å². The second kappa shape index (κ2) is 7.55. The van der Waals surface area contributed by atoms with Gasteiger partial charge in [0, 0.05) is 31.5 Å². The van der Waals surface area contributed by atoms with E-state index >= 15 is 0 Å². The van der Waals surface area contributed by atoms with E-state index in [-0.39, 0.29) is 12.2 Å². The summed E-state index contributed by atoms with van der Waals surface area (Å²) >= 11 is 0. The molecule has 132 valence electrons. The molecule has 6 heteroatoms. The van der Waals surface area contributed by atoms with Gasteiger partial charge in [0.1, 0.15) is 18.0 Å². The highest BCUT2D eigenvalue weighted by Gasteiger charge is 2.28. The van der Waals surface area contributed by atoms with Crippen LogP contribution in [0.3, 0.4) is 0 Å². The lowest BCUT2D eigenvalue weighted by atomic mass is 10.1. The van der Waals surface area contributed by atoms with Crippen molar-refractivity contribution < 1.29 is 23.8 Å². The van der Waals surface area contributed by atoms with Crippen LogP contribution < -0.4 is 9.47 Å². The predicted molar refractivity (Wildman–Crippen MR) is 89.8 cm³/mol. The smallest absolute Gasteiger partial charge is 0.410 e. The Labute approximate surface area is 142 Å². The first-order chi connectivity index (χ1) is 11.3. The third-order valence-corrected chi connectivity index (χ3v) is 3.71. The van der Waals surface area contributed by atoms with E-state index in [0.717, 1.165) is 6.29 Å². The van der Waals surface area contributed by atoms with E-state index in [9.17, 15) is 9.59 Å². The quantitative estimate of drug-likeness (QED) is 0.790. The molecule has 0 unspecified atom stereocenters. The van der Waals surface area contributed by atoms with Gasteiger partial charge in [0.2, 0.25) is 0 Å². The minimum atomic E-state index is -0.493. The normalized spacial score (nSPS) is 15.8. The lowest BCUT2D eigenvalue weighted by Crippen LogP contribution is -2.44. The largest absolute Gasteiger partial charge is 0.493 e. The van der Waals surface area contributed by atoms with Crippen molar-refractivity contribution in [1.29, 1.82) is 0 Å². The summed E-state index contributed by atoms with van der Waals surface area (Å²) < 4.78 is 16.6. The zero-order valence-electron chi connectivity index (χ0n) is 14.7. The molecule has 0 aliphatic carbocycles. The first-order valence-corrected chi connectivity index (χ1v) is 8.10. The number of hydrogen-bond donors (Lipinski definition) is 0. The van der Waals surface area contributed by atoms with Crippen LogP contribution in [0, 0.1) is 0 Å². The maximum Gasteiger partial charge on any atom is 0.410 e. The molecule has 1 aliphatic heterocycles. The zero-order chi connectivity index (χ0) is 17.7. The number of aldehydes is 1. The fourth-order valence-corrected chi connectivity index (χ4v) is 2.52. The summed E-state index contributed by atoms with van der Waals surface area (Å²) in [6.07, 6.45) is 1.86. The lowest BCUT2D eigenvalue weighted by Gasteiger charge is -2.33. The summed E-state index contributed by atoms with van der Waals surface area (Å²) in [5, 5.41) is 0. The molecule has 1 aromatic carbocycles. The van der Waals surface area contributed by atoms with Gasteiger partial charge in [0.05, 0.1) is 7.11 Å². The number of methoxy groups -OCH3 is 1. The van der Waals surface area contributed by atoms with Crippen LogP contribution in [-0.4, -0.2) is 49.2 Å². The van der Waals surface area contributed by atoms with Crippen LogP contribution in [0.25, 0.3) is 0 Å². The van der Waals surface area contributed by atoms with Gasteiger partial charge in [-0.3, -0.25) is 4.79 Å². The molecule has 0 atom stereocenters. The summed E-state index contributed by atoms with van der Waals surface area (Å²) in [5.74, 6) is 1.15. The predicted octanol–water partition coefficient (Wildman–Crippen LogP) is 3.29. The van der Waals surface area contributed by atoms with Crippen LogP contribution in [0.15, 0.2) is 18.2 Å². The van der Waals surface area contributed by atoms with Crippen LogP contribution in [-0.2, 0) is 4.74 Å². The Balaban J connectivity index is 1.94. The fraction of sp³-hybridized carbons (Fsp3) is 0.556. The summed E-state index contributed by atoms with van der Waals surface area (Å²) in [7, 11) is 1.56. The van der Waals surface area contributed by atoms with E-state index in [2.05, 4.69) is 0 Å². The average Bonchev–Trinajstić information content (AvgIpc) is 2.53. The van der Waals surface area contributed by atoms with Crippen molar-refractivity contribution in [3.63, 3.8) is 0 Å². The number of piperidine rings is 1. The monoisotopic (exact) mass is 335 g/mol. The molecule has 0 bridgehead atoms. The fourth-order valence-electron chi connectivity index (χ4n) is 2.52. The van der Waals surface area contributed by atoms with Gasteiger partial charge < -0.3 is 19.1 Å². The van der Waals surface area contributed by atoms with Crippen LogP contribution in [0.4, 0.5) is 4.79 Å². The van der Waals surface area contributed by atoms with Gasteiger partial charge in [0.25, 0.3) is 0 Å². The highest BCUT2D eigenvalue weighted by atomic mass is 16.6. The standard InChI is InChI=1S/C18H25NO5/c1-18(2,3)24-17(21)19-9-7-14(8-10-19)23-16-11-13(12-20)5-6-15(16)22-4/h5-6,11-12,14H,7-10H2,1-4H3. The topological polar surface area (TPSA) is 65.1 Å². The van der Waals surface area contributed by atoms with Crippen LogP contribution in [0.5, 0.6) is 11.5 Å². The van der Waals surface area contributed by atoms with Crippen molar-refractivity contribution in [3.8, 4) is 11.5 Å². The summed E-state index contributed by atoms with van der Waals surface area (Å²) in [5.41, 5.74) is 0.0459. The SMILES string of the molecule is COc1ccc(C=O)cc1OC1CCN(C(=O)OC(C)(C)C)CC1. The maximum atomic E-state index is 12.1. The Morgan fingerprint density at radius 2 is 1.88 bits per heavy atom. The Hall–Kier alpha value is -2.24. The van der Waals surface area contributed by atoms with E-state index in [1.807, 2.05) is 20.8 Å². The molecule has 0 saturated carbocycles. The molecule has 0 spiro atoms. The number of carbonyl (C=O) groups excluding carboxylic acids is 2. The Bertz CT molecular complexity index is 586. The number of rotatable bonds is 4. The second-order valence-electron chi connectivity index (χ2n) is 6.81. The second-order valence-corrected chi connectivity index (χ2v) is 6.81. The Morgan fingerprint density at radius 3 is 2.42 bits per heavy atom. The number of benzene rings is 1. The van der Waals surface area contributed by atoms with Crippen molar-refractivity contribution in [3.05, 3.63) is 23.8 Å². The number of amides is 1. The van der Waals surface area contributed by atoms with Gasteiger partial charge in [-0.1, -0.05) is 0 Å². The molecule has 24 heavy (non-hydrogen) atoms. The minimum Gasteiger partial charge on any atom is -0.493 e. The third kappa shape index (κ3) is 4.88. The summed E-state index contributed by atoms with van der Waals surface area (Å²) in [6, 6.07) is 5.07. The molecule has 0 radical (unpaired) electrons. The highest BCUT2D eigenvalue weighted by Crippen LogP contribution is 2.30. The summed E-state index contributed by atoms with van der Waals surface area (Å²) in [4.78, 5) is 24.7. The number of carbonyl (C=O) groups is 2. The molecule has 6 nitrogen and oxygen atoms in total.